The van der Waals surface area contributed by atoms with E-state index in [1.165, 1.54) is 11.3 Å². The standard InChI is InChI=1S/C33H40ClN3O4S/c1-3-7-28(38)19-25(20-32-36-29-12-10-26(34)21-31(29)42-32)33(40)35-27(18-24-8-5-4-6-9-24)11-13-30(39)23(2)22-37-14-16-41-17-15-37/h4-6,8-10,12,21,25,27H,2-3,7,11,13-20,22H2,1H3,(H,35,40)/t25-,27+/m0/s1. The number of morpholine rings is 1. The molecule has 0 spiro atoms. The number of carbonyl (C=O) groups excluding carboxylic acids is 3. The van der Waals surface area contributed by atoms with Crippen LogP contribution in [0, 0.1) is 5.92 Å². The Hall–Kier alpha value is -2.91. The fourth-order valence-corrected chi connectivity index (χ4v) is 6.52. The number of halogens is 1. The minimum absolute atomic E-state index is 0.0108. The average molecular weight is 610 g/mol. The number of fused-ring (bicyclic) bond motifs is 1. The fraction of sp³-hybridized carbons (Fsp3) is 0.455. The zero-order chi connectivity index (χ0) is 29.9. The zero-order valence-electron chi connectivity index (χ0n) is 24.3. The number of ether oxygens (including phenoxy) is 1. The molecule has 2 aromatic carbocycles. The van der Waals surface area contributed by atoms with Crippen molar-refractivity contribution in [1.29, 1.82) is 0 Å². The molecular weight excluding hydrogens is 570 g/mol. The zero-order valence-corrected chi connectivity index (χ0v) is 25.9. The maximum absolute atomic E-state index is 13.8. The van der Waals surface area contributed by atoms with Gasteiger partial charge in [-0.2, -0.15) is 0 Å². The minimum atomic E-state index is -0.551. The smallest absolute Gasteiger partial charge is 0.224 e. The van der Waals surface area contributed by atoms with E-state index in [4.69, 9.17) is 21.3 Å². The van der Waals surface area contributed by atoms with E-state index in [0.29, 0.717) is 62.5 Å². The van der Waals surface area contributed by atoms with Gasteiger partial charge in [0.05, 0.1) is 34.4 Å². The first-order chi connectivity index (χ1) is 20.3. The minimum Gasteiger partial charge on any atom is -0.379 e. The van der Waals surface area contributed by atoms with Crippen LogP contribution in [0.25, 0.3) is 10.2 Å². The van der Waals surface area contributed by atoms with Crippen molar-refractivity contribution >= 4 is 50.6 Å². The lowest BCUT2D eigenvalue weighted by Gasteiger charge is -2.27. The predicted molar refractivity (Wildman–Crippen MR) is 169 cm³/mol. The first-order valence-corrected chi connectivity index (χ1v) is 15.9. The predicted octanol–water partition coefficient (Wildman–Crippen LogP) is 5.83. The number of rotatable bonds is 16. The Morgan fingerprint density at radius 1 is 1.10 bits per heavy atom. The van der Waals surface area contributed by atoms with Crippen LogP contribution in [-0.4, -0.2) is 66.2 Å². The lowest BCUT2D eigenvalue weighted by Crippen LogP contribution is -2.42. The molecule has 2 atom stereocenters. The molecule has 2 heterocycles. The van der Waals surface area contributed by atoms with Gasteiger partial charge in [0.1, 0.15) is 5.78 Å². The van der Waals surface area contributed by atoms with E-state index in [0.717, 1.165) is 40.3 Å². The average Bonchev–Trinajstić information content (AvgIpc) is 3.38. The van der Waals surface area contributed by atoms with Gasteiger partial charge in [0, 0.05) is 62.0 Å². The van der Waals surface area contributed by atoms with Crippen LogP contribution in [0.5, 0.6) is 0 Å². The van der Waals surface area contributed by atoms with E-state index >= 15 is 0 Å². The number of hydrogen-bond donors (Lipinski definition) is 1. The largest absolute Gasteiger partial charge is 0.379 e. The summed E-state index contributed by atoms with van der Waals surface area (Å²) >= 11 is 7.66. The van der Waals surface area contributed by atoms with Crippen LogP contribution in [0.3, 0.4) is 0 Å². The van der Waals surface area contributed by atoms with E-state index < -0.39 is 5.92 Å². The van der Waals surface area contributed by atoms with Crippen LogP contribution in [0.2, 0.25) is 5.02 Å². The number of benzene rings is 2. The molecule has 0 radical (unpaired) electrons. The molecule has 1 fully saturated rings. The Bertz CT molecular complexity index is 1370. The summed E-state index contributed by atoms with van der Waals surface area (Å²) < 4.78 is 6.36. The number of aromatic nitrogens is 1. The van der Waals surface area contributed by atoms with E-state index in [-0.39, 0.29) is 29.9 Å². The van der Waals surface area contributed by atoms with Crippen LogP contribution in [0.15, 0.2) is 60.7 Å². The molecule has 1 saturated heterocycles. The highest BCUT2D eigenvalue weighted by atomic mass is 35.5. The molecule has 42 heavy (non-hydrogen) atoms. The van der Waals surface area contributed by atoms with Gasteiger partial charge in [0.25, 0.3) is 0 Å². The summed E-state index contributed by atoms with van der Waals surface area (Å²) in [6.45, 7) is 9.46. The van der Waals surface area contributed by atoms with Crippen molar-refractivity contribution in [3.05, 3.63) is 76.3 Å². The molecule has 224 valence electrons. The maximum atomic E-state index is 13.8. The van der Waals surface area contributed by atoms with Gasteiger partial charge in [-0.3, -0.25) is 19.3 Å². The first kappa shape index (κ1) is 32.0. The summed E-state index contributed by atoms with van der Waals surface area (Å²) in [6, 6.07) is 15.2. The van der Waals surface area contributed by atoms with Gasteiger partial charge in [0.15, 0.2) is 5.78 Å². The Balaban J connectivity index is 1.45. The molecular formula is C33H40ClN3O4S. The normalized spacial score (nSPS) is 15.3. The molecule has 1 aromatic heterocycles. The Labute approximate surface area is 257 Å². The number of carbonyl (C=O) groups is 3. The SMILES string of the molecule is C=C(CN1CCOCC1)C(=O)CC[C@H](Cc1ccccc1)NC(=O)[C@@H](CC(=O)CCC)Cc1nc2ccc(Cl)cc2s1. The van der Waals surface area contributed by atoms with Gasteiger partial charge in [-0.05, 0) is 43.0 Å². The molecule has 1 N–H and O–H groups in total. The van der Waals surface area contributed by atoms with Crippen LogP contribution in [0.1, 0.15) is 49.6 Å². The lowest BCUT2D eigenvalue weighted by molar-refractivity contribution is -0.130. The molecule has 0 aliphatic carbocycles. The number of thiazole rings is 1. The number of hydrogen-bond acceptors (Lipinski definition) is 7. The Kier molecular flexibility index (Phi) is 12.3. The topological polar surface area (TPSA) is 88.6 Å². The summed E-state index contributed by atoms with van der Waals surface area (Å²) in [7, 11) is 0. The van der Waals surface area contributed by atoms with Crippen molar-refractivity contribution in [2.75, 3.05) is 32.8 Å². The summed E-state index contributed by atoms with van der Waals surface area (Å²) in [6.07, 6.45) is 3.06. The van der Waals surface area contributed by atoms with Gasteiger partial charge in [-0.1, -0.05) is 55.4 Å². The van der Waals surface area contributed by atoms with E-state index in [1.807, 2.05) is 49.4 Å². The number of ketones is 2. The second-order valence-corrected chi connectivity index (χ2v) is 12.5. The molecule has 1 aliphatic rings. The van der Waals surface area contributed by atoms with Crippen molar-refractivity contribution in [2.45, 2.75) is 57.9 Å². The second kappa shape index (κ2) is 16.1. The maximum Gasteiger partial charge on any atom is 0.224 e. The summed E-state index contributed by atoms with van der Waals surface area (Å²) in [4.78, 5) is 46.4. The van der Waals surface area contributed by atoms with Crippen LogP contribution >= 0.6 is 22.9 Å². The molecule has 0 bridgehead atoms. The highest BCUT2D eigenvalue weighted by Crippen LogP contribution is 2.28. The monoisotopic (exact) mass is 609 g/mol. The number of Topliss-reactive ketones (excluding diaryl/α,β-unsaturated/α-hetero) is 2. The molecule has 1 aliphatic heterocycles. The fourth-order valence-electron chi connectivity index (χ4n) is 5.20. The first-order valence-electron chi connectivity index (χ1n) is 14.7. The number of nitrogens with one attached hydrogen (secondary N) is 1. The van der Waals surface area contributed by atoms with Crippen LogP contribution < -0.4 is 5.32 Å². The molecule has 0 unspecified atom stereocenters. The molecule has 9 heteroatoms. The highest BCUT2D eigenvalue weighted by molar-refractivity contribution is 7.18. The summed E-state index contributed by atoms with van der Waals surface area (Å²) in [5, 5.41) is 4.64. The van der Waals surface area contributed by atoms with Gasteiger partial charge in [-0.15, -0.1) is 11.3 Å². The Morgan fingerprint density at radius 2 is 1.86 bits per heavy atom. The summed E-state index contributed by atoms with van der Waals surface area (Å²) in [5.41, 5.74) is 2.49. The van der Waals surface area contributed by atoms with Crippen molar-refractivity contribution in [3.8, 4) is 0 Å². The number of amides is 1. The van der Waals surface area contributed by atoms with Crippen LogP contribution in [0.4, 0.5) is 0 Å². The Morgan fingerprint density at radius 3 is 2.60 bits per heavy atom. The highest BCUT2D eigenvalue weighted by Gasteiger charge is 2.26. The van der Waals surface area contributed by atoms with Gasteiger partial charge >= 0.3 is 0 Å². The van der Waals surface area contributed by atoms with Gasteiger partial charge in [-0.25, -0.2) is 4.98 Å². The van der Waals surface area contributed by atoms with E-state index in [9.17, 15) is 14.4 Å². The third-order valence-corrected chi connectivity index (χ3v) is 8.77. The van der Waals surface area contributed by atoms with Gasteiger partial charge < -0.3 is 10.1 Å². The van der Waals surface area contributed by atoms with Crippen molar-refractivity contribution < 1.29 is 19.1 Å². The van der Waals surface area contributed by atoms with E-state index in [2.05, 4.69) is 16.8 Å². The molecule has 4 rings (SSSR count). The second-order valence-electron chi connectivity index (χ2n) is 11.0. The molecule has 0 saturated carbocycles. The number of nitrogens with zero attached hydrogens (tertiary/aromatic N) is 2. The third kappa shape index (κ3) is 9.83. The molecule has 7 nitrogen and oxygen atoms in total. The van der Waals surface area contributed by atoms with Crippen LogP contribution in [-0.2, 0) is 32.0 Å². The van der Waals surface area contributed by atoms with Gasteiger partial charge in [0.2, 0.25) is 5.91 Å². The quantitative estimate of drug-likeness (QED) is 0.206. The summed E-state index contributed by atoms with van der Waals surface area (Å²) in [5.74, 6) is -0.657. The lowest BCUT2D eigenvalue weighted by atomic mass is 9.94. The molecule has 3 aromatic rings. The van der Waals surface area contributed by atoms with Crippen molar-refractivity contribution in [1.82, 2.24) is 15.2 Å². The van der Waals surface area contributed by atoms with Crippen molar-refractivity contribution in [2.24, 2.45) is 5.92 Å². The van der Waals surface area contributed by atoms with E-state index in [1.54, 1.807) is 6.07 Å². The third-order valence-electron chi connectivity index (χ3n) is 7.49. The van der Waals surface area contributed by atoms with Crippen molar-refractivity contribution in [3.63, 3.8) is 0 Å². The molecule has 1 amide bonds.